The Kier molecular flexibility index (Phi) is 5.32. The number of carbonyl (C=O) groups excluding carboxylic acids is 1. The number of benzene rings is 2. The molecule has 3 N–H and O–H groups in total. The Morgan fingerprint density at radius 3 is 2.57 bits per heavy atom. The summed E-state index contributed by atoms with van der Waals surface area (Å²) in [6.07, 6.45) is 4.91. The first-order chi connectivity index (χ1) is 17.4. The highest BCUT2D eigenvalue weighted by molar-refractivity contribution is 7.89. The monoisotopic (exact) mass is 524 g/mol. The van der Waals surface area contributed by atoms with Crippen molar-refractivity contribution in [3.63, 3.8) is 0 Å². The molecule has 2 aliphatic heterocycles. The van der Waals surface area contributed by atoms with Gasteiger partial charge in [-0.1, -0.05) is 45.9 Å². The Morgan fingerprint density at radius 1 is 1.11 bits per heavy atom. The summed E-state index contributed by atoms with van der Waals surface area (Å²) >= 11 is 0. The van der Waals surface area contributed by atoms with Gasteiger partial charge < -0.3 is 15.2 Å². The molecule has 2 fully saturated rings. The molecule has 2 aromatic carbocycles. The Hall–Kier alpha value is -2.58. The van der Waals surface area contributed by atoms with Crippen molar-refractivity contribution in [3.05, 3.63) is 53.1 Å². The summed E-state index contributed by atoms with van der Waals surface area (Å²) in [7, 11) is -3.92. The molecule has 0 aromatic heterocycles. The van der Waals surface area contributed by atoms with Crippen LogP contribution in [0.15, 0.2) is 41.3 Å². The van der Waals surface area contributed by atoms with Gasteiger partial charge in [0.15, 0.2) is 0 Å². The van der Waals surface area contributed by atoms with Crippen molar-refractivity contribution in [2.45, 2.75) is 82.9 Å². The highest BCUT2D eigenvalue weighted by Gasteiger charge is 2.66. The van der Waals surface area contributed by atoms with Crippen molar-refractivity contribution in [1.29, 1.82) is 0 Å². The third kappa shape index (κ3) is 3.41. The summed E-state index contributed by atoms with van der Waals surface area (Å²) in [5.41, 5.74) is 0.862. The van der Waals surface area contributed by atoms with E-state index in [0.29, 0.717) is 35.1 Å². The molecule has 2 aliphatic carbocycles. The minimum Gasteiger partial charge on any atom is -0.508 e. The van der Waals surface area contributed by atoms with E-state index in [9.17, 15) is 18.3 Å². The molecule has 0 radical (unpaired) electrons. The standard InChI is InChI=1S/C29H36N2O5S/c1-17-11-12-22-27(2,3)13-8-14-29(22)28(17,4)16-20-21(32)15-19-23(24(20)36-29)25(30-26(19)33)31-37(34,35)18-9-6-5-7-10-18/h5-7,9-10,15,17,22,25,31-32H,8,11-14,16H2,1-4H3,(H,30,33). The number of aromatic hydroxyl groups is 1. The van der Waals surface area contributed by atoms with Gasteiger partial charge in [0.2, 0.25) is 10.0 Å². The quantitative estimate of drug-likeness (QED) is 0.521. The number of sulfonamides is 1. The summed E-state index contributed by atoms with van der Waals surface area (Å²) in [4.78, 5) is 13.1. The van der Waals surface area contributed by atoms with E-state index in [2.05, 4.69) is 37.7 Å². The summed E-state index contributed by atoms with van der Waals surface area (Å²) in [6, 6.07) is 9.58. The van der Waals surface area contributed by atoms with Crippen LogP contribution in [0.3, 0.4) is 0 Å². The normalized spacial score (nSPS) is 33.8. The zero-order valence-electron chi connectivity index (χ0n) is 21.9. The van der Waals surface area contributed by atoms with Gasteiger partial charge in [-0.05, 0) is 68.1 Å². The molecular formula is C29H36N2O5S. The molecule has 6 rings (SSSR count). The lowest BCUT2D eigenvalue weighted by Gasteiger charge is -2.66. The van der Waals surface area contributed by atoms with Gasteiger partial charge in [0.05, 0.1) is 10.5 Å². The highest BCUT2D eigenvalue weighted by Crippen LogP contribution is 2.67. The van der Waals surface area contributed by atoms with E-state index in [0.717, 1.165) is 32.1 Å². The van der Waals surface area contributed by atoms with E-state index < -0.39 is 27.7 Å². The Morgan fingerprint density at radius 2 is 1.84 bits per heavy atom. The Labute approximate surface area is 219 Å². The zero-order valence-corrected chi connectivity index (χ0v) is 22.7. The number of ether oxygens (including phenoxy) is 1. The zero-order chi connectivity index (χ0) is 26.4. The number of nitrogens with one attached hydrogen (secondary N) is 2. The second-order valence-electron chi connectivity index (χ2n) is 12.5. The molecule has 1 amide bonds. The van der Waals surface area contributed by atoms with Crippen molar-refractivity contribution in [2.75, 3.05) is 0 Å². The van der Waals surface area contributed by atoms with Gasteiger partial charge in [-0.2, -0.15) is 4.72 Å². The van der Waals surface area contributed by atoms with E-state index in [-0.39, 0.29) is 27.0 Å². The van der Waals surface area contributed by atoms with Crippen LogP contribution >= 0.6 is 0 Å². The number of rotatable bonds is 3. The number of phenols is 1. The number of carbonyl (C=O) groups is 1. The van der Waals surface area contributed by atoms with Crippen LogP contribution in [-0.2, 0) is 16.4 Å². The highest BCUT2D eigenvalue weighted by atomic mass is 32.2. The lowest BCUT2D eigenvalue weighted by molar-refractivity contribution is -0.210. The maximum Gasteiger partial charge on any atom is 0.253 e. The fourth-order valence-corrected chi connectivity index (χ4v) is 9.15. The molecular weight excluding hydrogens is 488 g/mol. The number of phenolic OH excluding ortho intramolecular Hbond substituents is 1. The predicted molar refractivity (Wildman–Crippen MR) is 140 cm³/mol. The van der Waals surface area contributed by atoms with Crippen molar-refractivity contribution >= 4 is 15.9 Å². The molecule has 1 spiro atoms. The minimum absolute atomic E-state index is 0.0379. The van der Waals surface area contributed by atoms with Crippen LogP contribution in [0.1, 0.15) is 87.4 Å². The maximum atomic E-state index is 13.2. The van der Waals surface area contributed by atoms with Crippen molar-refractivity contribution < 1.29 is 23.1 Å². The smallest absolute Gasteiger partial charge is 0.253 e. The Bertz CT molecular complexity index is 1390. The average Bonchev–Trinajstić information content (AvgIpc) is 3.13. The van der Waals surface area contributed by atoms with E-state index in [1.165, 1.54) is 18.2 Å². The van der Waals surface area contributed by atoms with Gasteiger partial charge in [-0.3, -0.25) is 4.79 Å². The molecule has 5 atom stereocenters. The van der Waals surface area contributed by atoms with E-state index in [4.69, 9.17) is 4.74 Å². The molecule has 5 unspecified atom stereocenters. The largest absolute Gasteiger partial charge is 0.508 e. The lowest BCUT2D eigenvalue weighted by Crippen LogP contribution is -2.68. The van der Waals surface area contributed by atoms with Crippen LogP contribution in [-0.4, -0.2) is 25.0 Å². The van der Waals surface area contributed by atoms with Crippen LogP contribution in [0, 0.1) is 22.7 Å². The minimum atomic E-state index is -3.92. The van der Waals surface area contributed by atoms with Crippen molar-refractivity contribution in [3.8, 4) is 11.5 Å². The number of fused-ring (bicyclic) bond motifs is 3. The van der Waals surface area contributed by atoms with Gasteiger partial charge in [0.1, 0.15) is 23.3 Å². The first-order valence-corrected chi connectivity index (χ1v) is 14.8. The third-order valence-corrected chi connectivity index (χ3v) is 11.6. The SMILES string of the molecule is CC1CCC2C(C)(C)CCCC23Oc2c(c(O)cc4c2C(NS(=O)(=O)c2ccccc2)NC4=O)CC13C. The first kappa shape index (κ1) is 24.7. The molecule has 4 aliphatic rings. The van der Waals surface area contributed by atoms with Crippen molar-refractivity contribution in [1.82, 2.24) is 10.0 Å². The van der Waals surface area contributed by atoms with E-state index in [1.807, 2.05) is 0 Å². The summed E-state index contributed by atoms with van der Waals surface area (Å²) in [5, 5.41) is 13.9. The van der Waals surface area contributed by atoms with Gasteiger partial charge in [0.25, 0.3) is 5.91 Å². The van der Waals surface area contributed by atoms with Gasteiger partial charge in [-0.25, -0.2) is 8.42 Å². The van der Waals surface area contributed by atoms with Crippen LogP contribution in [0.2, 0.25) is 0 Å². The van der Waals surface area contributed by atoms with Gasteiger partial charge in [-0.15, -0.1) is 0 Å². The molecule has 198 valence electrons. The topological polar surface area (TPSA) is 105 Å². The number of hydrogen-bond donors (Lipinski definition) is 3. The molecule has 2 saturated carbocycles. The molecule has 0 bridgehead atoms. The van der Waals surface area contributed by atoms with Crippen LogP contribution in [0.4, 0.5) is 0 Å². The summed E-state index contributed by atoms with van der Waals surface area (Å²) in [5.74, 6) is 0.802. The van der Waals surface area contributed by atoms with E-state index >= 15 is 0 Å². The van der Waals surface area contributed by atoms with Crippen LogP contribution < -0.4 is 14.8 Å². The molecule has 2 aromatic rings. The molecule has 8 heteroatoms. The lowest BCUT2D eigenvalue weighted by atomic mass is 9.44. The second-order valence-corrected chi connectivity index (χ2v) is 14.2. The fourth-order valence-electron chi connectivity index (χ4n) is 8.01. The van der Waals surface area contributed by atoms with Crippen molar-refractivity contribution in [2.24, 2.45) is 22.7 Å². The number of hydrogen-bond acceptors (Lipinski definition) is 5. The molecule has 0 saturated heterocycles. The first-order valence-electron chi connectivity index (χ1n) is 13.4. The number of amides is 1. The molecule has 7 nitrogen and oxygen atoms in total. The fraction of sp³-hybridized carbons (Fsp3) is 0.552. The third-order valence-electron chi connectivity index (χ3n) is 10.2. The van der Waals surface area contributed by atoms with Crippen LogP contribution in [0.25, 0.3) is 0 Å². The second kappa shape index (κ2) is 7.96. The van der Waals surface area contributed by atoms with Crippen LogP contribution in [0.5, 0.6) is 11.5 Å². The predicted octanol–water partition coefficient (Wildman–Crippen LogP) is 5.05. The molecule has 2 heterocycles. The maximum absolute atomic E-state index is 13.2. The summed E-state index contributed by atoms with van der Waals surface area (Å²) in [6.45, 7) is 9.27. The average molecular weight is 525 g/mol. The van der Waals surface area contributed by atoms with Gasteiger partial charge in [0, 0.05) is 22.5 Å². The van der Waals surface area contributed by atoms with Gasteiger partial charge >= 0.3 is 0 Å². The summed E-state index contributed by atoms with van der Waals surface area (Å²) < 4.78 is 36.3. The Balaban J connectivity index is 1.50. The molecule has 37 heavy (non-hydrogen) atoms. The van der Waals surface area contributed by atoms with E-state index in [1.54, 1.807) is 18.2 Å².